The molecular weight excluding hydrogens is 419 g/mol. The number of nitrogens with two attached hydrogens (primary N) is 2. The Morgan fingerprint density at radius 2 is 1.07 bits per heavy atom. The van der Waals surface area contributed by atoms with Crippen molar-refractivity contribution in [2.24, 2.45) is 39.2 Å². The molecule has 0 bridgehead atoms. The van der Waals surface area contributed by atoms with Gasteiger partial charge in [0, 0.05) is 0 Å². The van der Waals surface area contributed by atoms with Gasteiger partial charge in [-0.15, -0.1) is 0 Å². The molecule has 0 saturated heterocycles. The molecule has 12 heteroatoms. The van der Waals surface area contributed by atoms with E-state index < -0.39 is 23.5 Å². The molecule has 0 fully saturated rings. The van der Waals surface area contributed by atoms with Crippen LogP contribution in [-0.4, -0.2) is 26.4 Å². The van der Waals surface area contributed by atoms with Crippen molar-refractivity contribution < 1.29 is 18.1 Å². The molecule has 1 aliphatic rings. The Hall–Kier alpha value is 0.770. The van der Waals surface area contributed by atoms with E-state index in [0.29, 0.717) is 50.1 Å². The van der Waals surface area contributed by atoms with Gasteiger partial charge >= 0.3 is 172 Å². The molecule has 0 aromatic carbocycles. The second kappa shape index (κ2) is 11.4. The minimum absolute atomic E-state index is 0.312. The molecule has 1 rings (SSSR count). The van der Waals surface area contributed by atoms with E-state index in [4.69, 9.17) is 29.1 Å². The van der Waals surface area contributed by atoms with Crippen LogP contribution in [0.1, 0.15) is 55.4 Å². The van der Waals surface area contributed by atoms with Gasteiger partial charge in [-0.2, -0.15) is 0 Å². The Kier molecular flexibility index (Phi) is 10.9. The van der Waals surface area contributed by atoms with Crippen LogP contribution in [0.25, 0.3) is 0 Å². The van der Waals surface area contributed by atoms with Crippen LogP contribution in [0.4, 0.5) is 0 Å². The van der Waals surface area contributed by atoms with Crippen molar-refractivity contribution in [3.63, 3.8) is 0 Å². The van der Waals surface area contributed by atoms with Gasteiger partial charge in [0.25, 0.3) is 0 Å². The van der Waals surface area contributed by atoms with E-state index in [2.05, 4.69) is 69.6 Å². The first-order valence-electron chi connectivity index (χ1n) is 10.1. The topological polar surface area (TPSA) is 125 Å². The molecule has 0 spiro atoms. The van der Waals surface area contributed by atoms with E-state index >= 15 is 0 Å². The van der Waals surface area contributed by atoms with E-state index in [-0.39, 0.29) is 0 Å². The number of hydrogen-bond acceptors (Lipinski definition) is 9. The van der Waals surface area contributed by atoms with E-state index in [9.17, 15) is 0 Å². The van der Waals surface area contributed by atoms with Crippen LogP contribution in [0.3, 0.4) is 0 Å². The Bertz CT molecular complexity index is 504. The monoisotopic (exact) mass is 463 g/mol. The summed E-state index contributed by atoms with van der Waals surface area (Å²) >= 11 is 0. The summed E-state index contributed by atoms with van der Waals surface area (Å²) in [7, 11) is -9.39. The second-order valence-electron chi connectivity index (χ2n) is 9.09. The molecule has 0 amide bonds. The summed E-state index contributed by atoms with van der Waals surface area (Å²) in [5.41, 5.74) is 12.8. The van der Waals surface area contributed by atoms with Crippen LogP contribution in [0.15, 0.2) is 4.52 Å². The third-order valence-corrected chi connectivity index (χ3v) is 13.2. The van der Waals surface area contributed by atoms with Crippen molar-refractivity contribution >= 4 is 23.5 Å². The third kappa shape index (κ3) is 9.72. The first-order chi connectivity index (χ1) is 12.8. The van der Waals surface area contributed by atoms with Crippen LogP contribution < -0.4 is 20.7 Å². The van der Waals surface area contributed by atoms with Gasteiger partial charge < -0.3 is 0 Å². The fraction of sp³-hybridized carbons (Fsp3) is 1.00. The molecule has 0 radical (unpaired) electrons. The summed E-state index contributed by atoms with van der Waals surface area (Å²) < 4.78 is 29.6. The van der Waals surface area contributed by atoms with Gasteiger partial charge in [0.2, 0.25) is 0 Å². The van der Waals surface area contributed by atoms with Crippen LogP contribution in [0.5, 0.6) is 0 Å². The van der Waals surface area contributed by atoms with Crippen molar-refractivity contribution in [1.29, 1.82) is 0 Å². The Balaban J connectivity index is 3.27. The van der Waals surface area contributed by atoms with Crippen LogP contribution in [0, 0.1) is 23.7 Å². The zero-order valence-electron chi connectivity index (χ0n) is 18.8. The van der Waals surface area contributed by atoms with Crippen molar-refractivity contribution in [3.8, 4) is 0 Å². The SMILES string of the molecule is CC(C)CO[PH]1(OCC(C)C)N=P(N)(N)N[PH](OCC(C)C)(OCC(C)C)N1. The van der Waals surface area contributed by atoms with Crippen LogP contribution in [-0.2, 0) is 18.1 Å². The molecule has 0 atom stereocenters. The van der Waals surface area contributed by atoms with Gasteiger partial charge in [-0.25, -0.2) is 0 Å². The normalized spacial score (nSPS) is 23.2. The summed E-state index contributed by atoms with van der Waals surface area (Å²) in [6, 6.07) is 0. The molecule has 0 unspecified atom stereocenters. The summed E-state index contributed by atoms with van der Waals surface area (Å²) in [5, 5.41) is 0. The number of nitrogens with one attached hydrogen (secondary N) is 2. The van der Waals surface area contributed by atoms with Gasteiger partial charge in [0.1, 0.15) is 0 Å². The average molecular weight is 463 g/mol. The first kappa shape index (κ1) is 26.8. The molecule has 9 nitrogen and oxygen atoms in total. The first-order valence-corrected chi connectivity index (χ1v) is 15.6. The fourth-order valence-electron chi connectivity index (χ4n) is 2.22. The maximum absolute atomic E-state index is 6.38. The molecule has 0 saturated carbocycles. The van der Waals surface area contributed by atoms with E-state index in [1.54, 1.807) is 0 Å². The van der Waals surface area contributed by atoms with Gasteiger partial charge in [0.05, 0.1) is 0 Å². The number of hydrogen-bond donors (Lipinski definition) is 4. The predicted molar refractivity (Wildman–Crippen MR) is 124 cm³/mol. The molecule has 28 heavy (non-hydrogen) atoms. The van der Waals surface area contributed by atoms with Gasteiger partial charge in [-0.1, -0.05) is 0 Å². The molecule has 0 aliphatic carbocycles. The van der Waals surface area contributed by atoms with Crippen molar-refractivity contribution in [1.82, 2.24) is 9.72 Å². The van der Waals surface area contributed by atoms with E-state index in [0.717, 1.165) is 0 Å². The molecule has 6 N–H and O–H groups in total. The van der Waals surface area contributed by atoms with Crippen LogP contribution in [0.2, 0.25) is 0 Å². The summed E-state index contributed by atoms with van der Waals surface area (Å²) in [5.74, 6) is 1.27. The van der Waals surface area contributed by atoms with Crippen molar-refractivity contribution in [3.05, 3.63) is 0 Å². The predicted octanol–water partition coefficient (Wildman–Crippen LogP) is 4.55. The Morgan fingerprint density at radius 1 is 0.714 bits per heavy atom. The molecule has 172 valence electrons. The standard InChI is InChI=1S/C16H44N5O4P3/c1-13(2)9-22-27(23-10-14(3)4)19-26(17,18)20-28(21-27,24-11-15(5)6)25-12-16(7)8/h13-16,19,21,27-28H,9-12,17-18H2,1-8H3. The molecule has 0 aromatic heterocycles. The zero-order valence-corrected chi connectivity index (χ0v) is 21.7. The molecular formula is C16H44N5O4P3. The molecule has 1 aliphatic heterocycles. The fourth-order valence-corrected chi connectivity index (χ4v) is 14.1. The third-order valence-electron chi connectivity index (χ3n) is 3.41. The van der Waals surface area contributed by atoms with Gasteiger partial charge in [-0.05, 0) is 0 Å². The molecule has 1 heterocycles. The number of rotatable bonds is 12. The Labute approximate surface area is 172 Å². The van der Waals surface area contributed by atoms with Gasteiger partial charge in [0.15, 0.2) is 0 Å². The number of nitrogens with zero attached hydrogens (tertiary/aromatic N) is 1. The summed E-state index contributed by atoms with van der Waals surface area (Å²) in [4.78, 5) is 6.64. The Morgan fingerprint density at radius 3 is 1.43 bits per heavy atom. The van der Waals surface area contributed by atoms with Crippen molar-refractivity contribution in [2.75, 3.05) is 26.4 Å². The second-order valence-corrected chi connectivity index (χ2v) is 16.8. The molecule has 0 aromatic rings. The van der Waals surface area contributed by atoms with E-state index in [1.165, 1.54) is 0 Å². The van der Waals surface area contributed by atoms with Gasteiger partial charge in [-0.3, -0.25) is 0 Å². The van der Waals surface area contributed by atoms with Crippen LogP contribution >= 0.6 is 23.5 Å². The summed E-state index contributed by atoms with van der Waals surface area (Å²) in [6.07, 6.45) is 0. The average Bonchev–Trinajstić information content (AvgIpc) is 2.54. The van der Waals surface area contributed by atoms with E-state index in [1.807, 2.05) is 0 Å². The zero-order chi connectivity index (χ0) is 21.6. The van der Waals surface area contributed by atoms with Crippen molar-refractivity contribution in [2.45, 2.75) is 55.4 Å². The summed E-state index contributed by atoms with van der Waals surface area (Å²) in [6.45, 7) is 18.6. The quantitative estimate of drug-likeness (QED) is 0.311. The maximum atomic E-state index is 6.38. The minimum atomic E-state index is -3.30.